The van der Waals surface area contributed by atoms with Gasteiger partial charge in [0.2, 0.25) is 0 Å². The molecule has 1 rings (SSSR count). The Bertz CT molecular complexity index is 142. The molecule has 0 aromatic heterocycles. The zero-order chi connectivity index (χ0) is 8.97. The first-order valence-electron chi connectivity index (χ1n) is 5.08. The van der Waals surface area contributed by atoms with Crippen LogP contribution >= 0.6 is 0 Å². The van der Waals surface area contributed by atoms with Gasteiger partial charge >= 0.3 is 0 Å². The van der Waals surface area contributed by atoms with E-state index in [2.05, 4.69) is 25.7 Å². The molecule has 0 aromatic rings. The van der Waals surface area contributed by atoms with E-state index < -0.39 is 0 Å². The number of hydrogen-bond donors (Lipinski definition) is 1. The van der Waals surface area contributed by atoms with Crippen molar-refractivity contribution < 1.29 is 0 Å². The predicted octanol–water partition coefficient (Wildman–Crippen LogP) is 2.59. The van der Waals surface area contributed by atoms with Crippen LogP contribution < -0.4 is 5.32 Å². The van der Waals surface area contributed by atoms with E-state index in [-0.39, 0.29) is 0 Å². The highest BCUT2D eigenvalue weighted by atomic mass is 14.9. The third-order valence-electron chi connectivity index (χ3n) is 2.96. The van der Waals surface area contributed by atoms with E-state index in [1.54, 1.807) is 0 Å². The first-order chi connectivity index (χ1) is 5.74. The maximum absolute atomic E-state index is 3.72. The van der Waals surface area contributed by atoms with Crippen LogP contribution in [0.2, 0.25) is 0 Å². The van der Waals surface area contributed by atoms with Gasteiger partial charge in [-0.25, -0.2) is 0 Å². The summed E-state index contributed by atoms with van der Waals surface area (Å²) in [5.41, 5.74) is 0. The highest BCUT2D eigenvalue weighted by Crippen LogP contribution is 2.28. The molecule has 0 aromatic carbocycles. The SMILES string of the molecule is C=CCNC1CCC(C)CC1C. The van der Waals surface area contributed by atoms with Crippen LogP contribution in [-0.2, 0) is 0 Å². The van der Waals surface area contributed by atoms with Gasteiger partial charge in [0.25, 0.3) is 0 Å². The van der Waals surface area contributed by atoms with Crippen LogP contribution in [0, 0.1) is 11.8 Å². The van der Waals surface area contributed by atoms with Gasteiger partial charge in [0.15, 0.2) is 0 Å². The summed E-state index contributed by atoms with van der Waals surface area (Å²) in [5.74, 6) is 1.77. The molecule has 1 aliphatic rings. The van der Waals surface area contributed by atoms with Gasteiger partial charge in [-0.05, 0) is 31.1 Å². The zero-order valence-corrected chi connectivity index (χ0v) is 8.34. The van der Waals surface area contributed by atoms with Crippen molar-refractivity contribution in [3.63, 3.8) is 0 Å². The lowest BCUT2D eigenvalue weighted by atomic mass is 9.80. The normalized spacial score (nSPS) is 36.3. The third-order valence-corrected chi connectivity index (χ3v) is 2.96. The molecule has 0 bridgehead atoms. The lowest BCUT2D eigenvalue weighted by Gasteiger charge is -2.33. The molecule has 1 heteroatoms. The highest BCUT2D eigenvalue weighted by Gasteiger charge is 2.23. The van der Waals surface area contributed by atoms with Crippen molar-refractivity contribution in [2.75, 3.05) is 6.54 Å². The second kappa shape index (κ2) is 4.66. The van der Waals surface area contributed by atoms with Gasteiger partial charge in [0, 0.05) is 12.6 Å². The molecule has 0 heterocycles. The molecule has 70 valence electrons. The molecule has 1 aliphatic carbocycles. The summed E-state index contributed by atoms with van der Waals surface area (Å²) in [6.07, 6.45) is 6.06. The van der Waals surface area contributed by atoms with E-state index in [1.165, 1.54) is 19.3 Å². The van der Waals surface area contributed by atoms with E-state index in [9.17, 15) is 0 Å². The van der Waals surface area contributed by atoms with Gasteiger partial charge < -0.3 is 5.32 Å². The van der Waals surface area contributed by atoms with E-state index >= 15 is 0 Å². The smallest absolute Gasteiger partial charge is 0.0134 e. The molecule has 12 heavy (non-hydrogen) atoms. The molecular formula is C11H21N. The Labute approximate surface area is 76.2 Å². The van der Waals surface area contributed by atoms with Gasteiger partial charge in [-0.1, -0.05) is 19.9 Å². The predicted molar refractivity (Wildman–Crippen MR) is 54.2 cm³/mol. The van der Waals surface area contributed by atoms with Crippen molar-refractivity contribution in [1.29, 1.82) is 0 Å². The van der Waals surface area contributed by atoms with Gasteiger partial charge in [-0.3, -0.25) is 0 Å². The van der Waals surface area contributed by atoms with Crippen LogP contribution in [0.3, 0.4) is 0 Å². The number of nitrogens with one attached hydrogen (secondary N) is 1. The van der Waals surface area contributed by atoms with Crippen molar-refractivity contribution in [2.45, 2.75) is 39.2 Å². The first kappa shape index (κ1) is 9.79. The first-order valence-corrected chi connectivity index (χ1v) is 5.08. The maximum atomic E-state index is 3.72. The maximum Gasteiger partial charge on any atom is 0.0134 e. The second-order valence-electron chi connectivity index (χ2n) is 4.20. The summed E-state index contributed by atoms with van der Waals surface area (Å²) in [7, 11) is 0. The monoisotopic (exact) mass is 167 g/mol. The van der Waals surface area contributed by atoms with Crippen molar-refractivity contribution in [1.82, 2.24) is 5.32 Å². The topological polar surface area (TPSA) is 12.0 Å². The Kier molecular flexibility index (Phi) is 3.80. The minimum absolute atomic E-state index is 0.735. The molecule has 0 spiro atoms. The van der Waals surface area contributed by atoms with Crippen molar-refractivity contribution in [3.8, 4) is 0 Å². The molecule has 1 fully saturated rings. The van der Waals surface area contributed by atoms with Crippen LogP contribution in [0.1, 0.15) is 33.1 Å². The van der Waals surface area contributed by atoms with Gasteiger partial charge in [0.05, 0.1) is 0 Å². The molecule has 0 amide bonds. The van der Waals surface area contributed by atoms with Crippen LogP contribution in [0.4, 0.5) is 0 Å². The van der Waals surface area contributed by atoms with E-state index in [1.807, 2.05) is 6.08 Å². The molecule has 0 saturated heterocycles. The fraction of sp³-hybridized carbons (Fsp3) is 0.818. The molecule has 3 atom stereocenters. The quantitative estimate of drug-likeness (QED) is 0.637. The van der Waals surface area contributed by atoms with Crippen molar-refractivity contribution in [3.05, 3.63) is 12.7 Å². The number of hydrogen-bond acceptors (Lipinski definition) is 1. The molecule has 1 nitrogen and oxygen atoms in total. The lowest BCUT2D eigenvalue weighted by Crippen LogP contribution is -2.38. The third kappa shape index (κ3) is 2.63. The van der Waals surface area contributed by atoms with Crippen LogP contribution in [-0.4, -0.2) is 12.6 Å². The number of rotatable bonds is 3. The summed E-state index contributed by atoms with van der Waals surface area (Å²) < 4.78 is 0. The Balaban J connectivity index is 2.29. The Hall–Kier alpha value is -0.300. The highest BCUT2D eigenvalue weighted by molar-refractivity contribution is 4.83. The largest absolute Gasteiger partial charge is 0.310 e. The second-order valence-corrected chi connectivity index (χ2v) is 4.20. The average molecular weight is 167 g/mol. The molecular weight excluding hydrogens is 146 g/mol. The summed E-state index contributed by atoms with van der Waals surface area (Å²) in [6.45, 7) is 9.40. The molecule has 1 saturated carbocycles. The van der Waals surface area contributed by atoms with Crippen molar-refractivity contribution in [2.24, 2.45) is 11.8 Å². The Morgan fingerprint density at radius 1 is 1.42 bits per heavy atom. The average Bonchev–Trinajstić information content (AvgIpc) is 2.03. The van der Waals surface area contributed by atoms with E-state index in [0.29, 0.717) is 0 Å². The van der Waals surface area contributed by atoms with Gasteiger partial charge in [-0.2, -0.15) is 0 Å². The molecule has 1 N–H and O–H groups in total. The van der Waals surface area contributed by atoms with Crippen LogP contribution in [0.15, 0.2) is 12.7 Å². The summed E-state index contributed by atoms with van der Waals surface area (Å²) in [4.78, 5) is 0. The van der Waals surface area contributed by atoms with E-state index in [0.717, 1.165) is 24.4 Å². The minimum atomic E-state index is 0.735. The minimum Gasteiger partial charge on any atom is -0.310 e. The van der Waals surface area contributed by atoms with Crippen LogP contribution in [0.5, 0.6) is 0 Å². The van der Waals surface area contributed by atoms with Gasteiger partial charge in [-0.15, -0.1) is 6.58 Å². The zero-order valence-electron chi connectivity index (χ0n) is 8.34. The lowest BCUT2D eigenvalue weighted by molar-refractivity contribution is 0.233. The van der Waals surface area contributed by atoms with Gasteiger partial charge in [0.1, 0.15) is 0 Å². The molecule has 3 unspecified atom stereocenters. The summed E-state index contributed by atoms with van der Waals surface area (Å²) in [5, 5.41) is 3.52. The molecule has 0 radical (unpaired) electrons. The van der Waals surface area contributed by atoms with Crippen LogP contribution in [0.25, 0.3) is 0 Å². The molecule has 0 aliphatic heterocycles. The summed E-state index contributed by atoms with van der Waals surface area (Å²) in [6, 6.07) is 0.735. The summed E-state index contributed by atoms with van der Waals surface area (Å²) >= 11 is 0. The Morgan fingerprint density at radius 3 is 2.75 bits per heavy atom. The standard InChI is InChI=1S/C11H21N/c1-4-7-12-11-6-5-9(2)8-10(11)3/h4,9-12H,1,5-8H2,2-3H3. The van der Waals surface area contributed by atoms with Crippen molar-refractivity contribution >= 4 is 0 Å². The Morgan fingerprint density at radius 2 is 2.17 bits per heavy atom. The fourth-order valence-electron chi connectivity index (χ4n) is 2.20. The fourth-order valence-corrected chi connectivity index (χ4v) is 2.20. The van der Waals surface area contributed by atoms with E-state index in [4.69, 9.17) is 0 Å².